The maximum absolute atomic E-state index is 13.5. The first-order valence-corrected chi connectivity index (χ1v) is 9.22. The monoisotopic (exact) mass is 385 g/mol. The fraction of sp³-hybridized carbons (Fsp3) is 0.222. The quantitative estimate of drug-likeness (QED) is 0.744. The summed E-state index contributed by atoms with van der Waals surface area (Å²) in [6, 6.07) is 9.94. The summed E-state index contributed by atoms with van der Waals surface area (Å²) in [6.45, 7) is 1.75. The van der Waals surface area contributed by atoms with Crippen LogP contribution < -0.4 is 10.2 Å². The predicted molar refractivity (Wildman–Crippen MR) is 99.4 cm³/mol. The average molecular weight is 385 g/mol. The van der Waals surface area contributed by atoms with Gasteiger partial charge in [-0.1, -0.05) is 23.5 Å². The average Bonchev–Trinajstić information content (AvgIpc) is 3.21. The second-order valence-electron chi connectivity index (χ2n) is 5.96. The van der Waals surface area contributed by atoms with E-state index in [1.807, 2.05) is 6.07 Å². The van der Waals surface area contributed by atoms with Crippen molar-refractivity contribution < 1.29 is 13.9 Å². The van der Waals surface area contributed by atoms with Gasteiger partial charge in [0.2, 0.25) is 5.13 Å². The summed E-state index contributed by atoms with van der Waals surface area (Å²) in [7, 11) is 0. The number of amides is 1. The van der Waals surface area contributed by atoms with Crippen LogP contribution in [0.15, 0.2) is 48.1 Å². The highest BCUT2D eigenvalue weighted by Crippen LogP contribution is 2.25. The topological polar surface area (TPSA) is 80.2 Å². The van der Waals surface area contributed by atoms with Crippen molar-refractivity contribution >= 4 is 28.2 Å². The predicted octanol–water partition coefficient (Wildman–Crippen LogP) is 2.90. The number of rotatable bonds is 4. The SMILES string of the molecule is O=C(Nc1nncs1)c1ccc(N2CCOC(c3cccc(F)c3)C2)nc1. The van der Waals surface area contributed by atoms with Crippen LogP contribution >= 0.6 is 11.3 Å². The molecule has 0 aliphatic carbocycles. The number of morpholine rings is 1. The molecule has 1 fully saturated rings. The van der Waals surface area contributed by atoms with Gasteiger partial charge in [-0.2, -0.15) is 0 Å². The van der Waals surface area contributed by atoms with Crippen LogP contribution in [0.2, 0.25) is 0 Å². The zero-order valence-electron chi connectivity index (χ0n) is 14.2. The molecule has 1 aliphatic heterocycles. The van der Waals surface area contributed by atoms with Crippen LogP contribution in [0.4, 0.5) is 15.3 Å². The Balaban J connectivity index is 1.44. The fourth-order valence-corrected chi connectivity index (χ4v) is 3.31. The highest BCUT2D eigenvalue weighted by molar-refractivity contribution is 7.13. The first-order chi connectivity index (χ1) is 13.2. The zero-order valence-corrected chi connectivity index (χ0v) is 15.0. The lowest BCUT2D eigenvalue weighted by molar-refractivity contribution is 0.0393. The van der Waals surface area contributed by atoms with Gasteiger partial charge in [0.25, 0.3) is 5.91 Å². The van der Waals surface area contributed by atoms with Crippen LogP contribution in [-0.2, 0) is 4.74 Å². The number of benzene rings is 1. The van der Waals surface area contributed by atoms with Gasteiger partial charge < -0.3 is 9.64 Å². The van der Waals surface area contributed by atoms with Crippen LogP contribution in [0, 0.1) is 5.82 Å². The number of anilines is 2. The summed E-state index contributed by atoms with van der Waals surface area (Å²) in [6.07, 6.45) is 1.30. The van der Waals surface area contributed by atoms with Gasteiger partial charge in [0.1, 0.15) is 23.2 Å². The summed E-state index contributed by atoms with van der Waals surface area (Å²) >= 11 is 1.25. The first-order valence-electron chi connectivity index (χ1n) is 8.34. The number of ether oxygens (including phenoxy) is 1. The van der Waals surface area contributed by atoms with Gasteiger partial charge in [-0.15, -0.1) is 10.2 Å². The Hall–Kier alpha value is -2.91. The smallest absolute Gasteiger partial charge is 0.259 e. The van der Waals surface area contributed by atoms with E-state index < -0.39 is 0 Å². The van der Waals surface area contributed by atoms with Crippen molar-refractivity contribution in [3.63, 3.8) is 0 Å². The molecule has 1 unspecified atom stereocenters. The van der Waals surface area contributed by atoms with Crippen molar-refractivity contribution in [1.82, 2.24) is 15.2 Å². The Labute approximate surface area is 158 Å². The molecule has 1 N–H and O–H groups in total. The van der Waals surface area contributed by atoms with Crippen molar-refractivity contribution in [2.75, 3.05) is 29.9 Å². The Bertz CT molecular complexity index is 920. The fourth-order valence-electron chi connectivity index (χ4n) is 2.87. The summed E-state index contributed by atoms with van der Waals surface area (Å²) in [5.74, 6) is 0.176. The minimum Gasteiger partial charge on any atom is -0.370 e. The molecule has 1 aliphatic rings. The molecule has 0 spiro atoms. The molecule has 1 aromatic carbocycles. The number of hydrogen-bond acceptors (Lipinski definition) is 7. The third kappa shape index (κ3) is 4.09. The van der Waals surface area contributed by atoms with E-state index in [9.17, 15) is 9.18 Å². The molecule has 3 heterocycles. The van der Waals surface area contributed by atoms with Crippen LogP contribution in [0.25, 0.3) is 0 Å². The molecule has 3 aromatic rings. The minimum atomic E-state index is -0.287. The molecule has 1 saturated heterocycles. The molecule has 0 saturated carbocycles. The molecule has 2 aromatic heterocycles. The maximum Gasteiger partial charge on any atom is 0.259 e. The largest absolute Gasteiger partial charge is 0.370 e. The lowest BCUT2D eigenvalue weighted by Crippen LogP contribution is -2.38. The third-order valence-corrected chi connectivity index (χ3v) is 4.81. The molecular formula is C18H16FN5O2S. The summed E-state index contributed by atoms with van der Waals surface area (Å²) in [5, 5.41) is 10.6. The van der Waals surface area contributed by atoms with E-state index in [0.717, 1.165) is 11.4 Å². The lowest BCUT2D eigenvalue weighted by atomic mass is 10.1. The highest BCUT2D eigenvalue weighted by atomic mass is 32.1. The van der Waals surface area contributed by atoms with Crippen molar-refractivity contribution in [3.05, 3.63) is 65.0 Å². The van der Waals surface area contributed by atoms with E-state index in [1.165, 1.54) is 29.7 Å². The number of nitrogens with one attached hydrogen (secondary N) is 1. The van der Waals surface area contributed by atoms with E-state index in [4.69, 9.17) is 4.74 Å². The van der Waals surface area contributed by atoms with Crippen molar-refractivity contribution in [2.45, 2.75) is 6.10 Å². The minimum absolute atomic E-state index is 0.225. The van der Waals surface area contributed by atoms with Gasteiger partial charge in [0.05, 0.1) is 12.2 Å². The molecule has 4 rings (SSSR count). The molecule has 0 radical (unpaired) electrons. The number of aromatic nitrogens is 3. The number of pyridine rings is 1. The van der Waals surface area contributed by atoms with E-state index in [0.29, 0.717) is 30.4 Å². The van der Waals surface area contributed by atoms with Gasteiger partial charge >= 0.3 is 0 Å². The number of hydrogen-bond donors (Lipinski definition) is 1. The molecule has 1 atom stereocenters. The van der Waals surface area contributed by atoms with E-state index in [1.54, 1.807) is 23.7 Å². The van der Waals surface area contributed by atoms with Crippen LogP contribution in [0.3, 0.4) is 0 Å². The number of carbonyl (C=O) groups is 1. The molecule has 27 heavy (non-hydrogen) atoms. The second-order valence-corrected chi connectivity index (χ2v) is 6.80. The van der Waals surface area contributed by atoms with Gasteiger partial charge in [-0.05, 0) is 29.8 Å². The normalized spacial score (nSPS) is 16.9. The molecule has 0 bridgehead atoms. The third-order valence-electron chi connectivity index (χ3n) is 4.20. The Morgan fingerprint density at radius 3 is 3.00 bits per heavy atom. The first kappa shape index (κ1) is 17.5. The van der Waals surface area contributed by atoms with E-state index in [2.05, 4.69) is 25.4 Å². The van der Waals surface area contributed by atoms with Gasteiger partial charge in [-0.3, -0.25) is 10.1 Å². The number of carbonyl (C=O) groups excluding carboxylic acids is 1. The Morgan fingerprint density at radius 2 is 2.26 bits per heavy atom. The molecule has 1 amide bonds. The second kappa shape index (κ2) is 7.77. The molecule has 138 valence electrons. The van der Waals surface area contributed by atoms with Crippen molar-refractivity contribution in [3.8, 4) is 0 Å². The standard InChI is InChI=1S/C18H16FN5O2S/c19-14-3-1-2-12(8-14)15-10-24(6-7-26-15)16-5-4-13(9-20-16)17(25)22-18-23-21-11-27-18/h1-5,8-9,11,15H,6-7,10H2,(H,22,23,25). The zero-order chi connectivity index (χ0) is 18.6. The van der Waals surface area contributed by atoms with Crippen molar-refractivity contribution in [1.29, 1.82) is 0 Å². The Morgan fingerprint density at radius 1 is 1.33 bits per heavy atom. The van der Waals surface area contributed by atoms with Crippen molar-refractivity contribution in [2.24, 2.45) is 0 Å². The van der Waals surface area contributed by atoms with Gasteiger partial charge in [0, 0.05) is 19.3 Å². The summed E-state index contributed by atoms with van der Waals surface area (Å²) < 4.78 is 19.3. The van der Waals surface area contributed by atoms with Crippen LogP contribution in [0.1, 0.15) is 22.0 Å². The molecular weight excluding hydrogens is 369 g/mol. The molecule has 9 heteroatoms. The molecule has 7 nitrogen and oxygen atoms in total. The number of nitrogens with zero attached hydrogens (tertiary/aromatic N) is 4. The van der Waals surface area contributed by atoms with Gasteiger partial charge in [0.15, 0.2) is 0 Å². The lowest BCUT2D eigenvalue weighted by Gasteiger charge is -2.34. The van der Waals surface area contributed by atoms with E-state index in [-0.39, 0.29) is 17.8 Å². The maximum atomic E-state index is 13.5. The summed E-state index contributed by atoms with van der Waals surface area (Å²) in [4.78, 5) is 18.6. The highest BCUT2D eigenvalue weighted by Gasteiger charge is 2.23. The Kier molecular flexibility index (Phi) is 5.03. The number of halogens is 1. The van der Waals surface area contributed by atoms with Crippen LogP contribution in [-0.4, -0.2) is 40.8 Å². The van der Waals surface area contributed by atoms with E-state index >= 15 is 0 Å². The van der Waals surface area contributed by atoms with Gasteiger partial charge in [-0.25, -0.2) is 9.37 Å². The van der Waals surface area contributed by atoms with Crippen LogP contribution in [0.5, 0.6) is 0 Å². The summed E-state index contributed by atoms with van der Waals surface area (Å²) in [5.41, 5.74) is 2.78.